The second kappa shape index (κ2) is 7.09. The SMILES string of the molecule is CCCCCCSC1=CC(=O)c2cc(Cl)ccc2C1=O. The molecule has 0 fully saturated rings. The third kappa shape index (κ3) is 3.53. The molecule has 2 rings (SSSR count). The monoisotopic (exact) mass is 308 g/mol. The fourth-order valence-corrected chi connectivity index (χ4v) is 3.30. The van der Waals surface area contributed by atoms with Crippen LogP contribution in [0, 0.1) is 0 Å². The van der Waals surface area contributed by atoms with Gasteiger partial charge in [-0.3, -0.25) is 9.59 Å². The predicted octanol–water partition coefficient (Wildman–Crippen LogP) is 4.92. The van der Waals surface area contributed by atoms with Gasteiger partial charge in [0.25, 0.3) is 0 Å². The molecule has 0 aliphatic heterocycles. The summed E-state index contributed by atoms with van der Waals surface area (Å²) in [6, 6.07) is 4.86. The van der Waals surface area contributed by atoms with Crippen LogP contribution in [-0.2, 0) is 0 Å². The van der Waals surface area contributed by atoms with Crippen molar-refractivity contribution < 1.29 is 9.59 Å². The van der Waals surface area contributed by atoms with E-state index in [1.807, 2.05) is 0 Å². The smallest absolute Gasteiger partial charge is 0.200 e. The Labute approximate surface area is 128 Å². The lowest BCUT2D eigenvalue weighted by Crippen LogP contribution is -2.15. The Morgan fingerprint density at radius 1 is 1.10 bits per heavy atom. The van der Waals surface area contributed by atoms with Gasteiger partial charge in [0, 0.05) is 22.2 Å². The molecule has 0 aromatic heterocycles. The van der Waals surface area contributed by atoms with Crippen LogP contribution in [0.15, 0.2) is 29.2 Å². The molecule has 0 atom stereocenters. The third-order valence-corrected chi connectivity index (χ3v) is 4.58. The maximum absolute atomic E-state index is 12.3. The van der Waals surface area contributed by atoms with Gasteiger partial charge in [0.1, 0.15) is 0 Å². The van der Waals surface area contributed by atoms with Crippen molar-refractivity contribution in [3.8, 4) is 0 Å². The lowest BCUT2D eigenvalue weighted by atomic mass is 9.95. The maximum Gasteiger partial charge on any atom is 0.200 e. The minimum Gasteiger partial charge on any atom is -0.289 e. The number of Topliss-reactive ketones (excluding diaryl/α,β-unsaturated/α-hetero) is 1. The number of carbonyl (C=O) groups excluding carboxylic acids is 2. The summed E-state index contributed by atoms with van der Waals surface area (Å²) in [5.41, 5.74) is 0.885. The summed E-state index contributed by atoms with van der Waals surface area (Å²) >= 11 is 7.35. The van der Waals surface area contributed by atoms with Gasteiger partial charge in [0.2, 0.25) is 0 Å². The first-order valence-electron chi connectivity index (χ1n) is 6.86. The number of hydrogen-bond acceptors (Lipinski definition) is 3. The Morgan fingerprint density at radius 2 is 1.90 bits per heavy atom. The number of halogens is 1. The molecule has 0 bridgehead atoms. The molecule has 0 spiro atoms. The molecule has 106 valence electrons. The molecule has 1 aliphatic carbocycles. The van der Waals surface area contributed by atoms with E-state index in [9.17, 15) is 9.59 Å². The van der Waals surface area contributed by atoms with Gasteiger partial charge in [0.15, 0.2) is 11.6 Å². The number of thioether (sulfide) groups is 1. The van der Waals surface area contributed by atoms with Crippen molar-refractivity contribution in [2.75, 3.05) is 5.75 Å². The summed E-state index contributed by atoms with van der Waals surface area (Å²) in [6.45, 7) is 2.17. The van der Waals surface area contributed by atoms with E-state index in [0.29, 0.717) is 21.1 Å². The predicted molar refractivity (Wildman–Crippen MR) is 84.8 cm³/mol. The van der Waals surface area contributed by atoms with E-state index >= 15 is 0 Å². The average molecular weight is 309 g/mol. The molecule has 0 unspecified atom stereocenters. The Morgan fingerprint density at radius 3 is 2.65 bits per heavy atom. The number of unbranched alkanes of at least 4 members (excludes halogenated alkanes) is 3. The highest BCUT2D eigenvalue weighted by molar-refractivity contribution is 8.04. The first kappa shape index (κ1) is 15.3. The van der Waals surface area contributed by atoms with Crippen molar-refractivity contribution in [1.82, 2.24) is 0 Å². The lowest BCUT2D eigenvalue weighted by Gasteiger charge is -2.14. The molecule has 1 aromatic rings. The van der Waals surface area contributed by atoms with E-state index in [1.54, 1.807) is 18.2 Å². The van der Waals surface area contributed by atoms with E-state index in [1.165, 1.54) is 37.1 Å². The number of carbonyl (C=O) groups is 2. The molecule has 20 heavy (non-hydrogen) atoms. The minimum absolute atomic E-state index is 0.0586. The van der Waals surface area contributed by atoms with Gasteiger partial charge in [-0.05, 0) is 30.4 Å². The highest BCUT2D eigenvalue weighted by atomic mass is 35.5. The van der Waals surface area contributed by atoms with Crippen LogP contribution in [0.1, 0.15) is 53.3 Å². The summed E-state index contributed by atoms with van der Waals surface area (Å²) in [4.78, 5) is 24.9. The second-order valence-electron chi connectivity index (χ2n) is 4.80. The number of hydrogen-bond donors (Lipinski definition) is 0. The van der Waals surface area contributed by atoms with Gasteiger partial charge >= 0.3 is 0 Å². The van der Waals surface area contributed by atoms with Crippen LogP contribution in [0.5, 0.6) is 0 Å². The van der Waals surface area contributed by atoms with Crippen LogP contribution in [0.3, 0.4) is 0 Å². The highest BCUT2D eigenvalue weighted by Crippen LogP contribution is 2.30. The van der Waals surface area contributed by atoms with Crippen molar-refractivity contribution in [1.29, 1.82) is 0 Å². The number of rotatable bonds is 6. The molecule has 2 nitrogen and oxygen atoms in total. The van der Waals surface area contributed by atoms with Gasteiger partial charge < -0.3 is 0 Å². The minimum atomic E-state index is -0.127. The molecular weight excluding hydrogens is 292 g/mol. The Kier molecular flexibility index (Phi) is 5.44. The normalized spacial score (nSPS) is 14.2. The summed E-state index contributed by atoms with van der Waals surface area (Å²) in [5.74, 6) is 0.697. The largest absolute Gasteiger partial charge is 0.289 e. The molecule has 1 aromatic carbocycles. The van der Waals surface area contributed by atoms with Gasteiger partial charge in [-0.1, -0.05) is 37.8 Å². The van der Waals surface area contributed by atoms with Gasteiger partial charge in [-0.25, -0.2) is 0 Å². The van der Waals surface area contributed by atoms with E-state index in [0.717, 1.165) is 12.2 Å². The lowest BCUT2D eigenvalue weighted by molar-refractivity contribution is 0.0991. The Bertz CT molecular complexity index is 564. The molecule has 0 N–H and O–H groups in total. The standard InChI is InChI=1S/C16H17ClO2S/c1-2-3-4-5-8-20-15-10-14(18)13-9-11(17)6-7-12(13)16(15)19/h6-7,9-10H,2-5,8H2,1H3. The van der Waals surface area contributed by atoms with Gasteiger partial charge in [0.05, 0.1) is 4.91 Å². The van der Waals surface area contributed by atoms with Crippen LogP contribution in [-0.4, -0.2) is 17.3 Å². The van der Waals surface area contributed by atoms with Crippen molar-refractivity contribution >= 4 is 34.9 Å². The van der Waals surface area contributed by atoms with E-state index in [4.69, 9.17) is 11.6 Å². The van der Waals surface area contributed by atoms with E-state index in [-0.39, 0.29) is 11.6 Å². The summed E-state index contributed by atoms with van der Waals surface area (Å²) in [6.07, 6.45) is 6.11. The van der Waals surface area contributed by atoms with E-state index < -0.39 is 0 Å². The molecule has 0 amide bonds. The van der Waals surface area contributed by atoms with Crippen LogP contribution >= 0.6 is 23.4 Å². The van der Waals surface area contributed by atoms with Crippen LogP contribution in [0.25, 0.3) is 0 Å². The molecule has 1 aliphatic rings. The number of benzene rings is 1. The summed E-state index contributed by atoms with van der Waals surface area (Å²) in [7, 11) is 0. The van der Waals surface area contributed by atoms with Crippen molar-refractivity contribution in [2.24, 2.45) is 0 Å². The van der Waals surface area contributed by atoms with E-state index in [2.05, 4.69) is 6.92 Å². The molecular formula is C16H17ClO2S. The summed E-state index contributed by atoms with van der Waals surface area (Å²) in [5, 5.41) is 0.481. The highest BCUT2D eigenvalue weighted by Gasteiger charge is 2.25. The Hall–Kier alpha value is -1.06. The molecule has 0 radical (unpaired) electrons. The number of ketones is 2. The Balaban J connectivity index is 2.05. The third-order valence-electron chi connectivity index (χ3n) is 3.23. The fourth-order valence-electron chi connectivity index (χ4n) is 2.13. The molecule has 0 saturated heterocycles. The number of fused-ring (bicyclic) bond motifs is 1. The van der Waals surface area contributed by atoms with Crippen LogP contribution in [0.2, 0.25) is 5.02 Å². The average Bonchev–Trinajstić information content (AvgIpc) is 2.43. The van der Waals surface area contributed by atoms with Crippen LogP contribution in [0.4, 0.5) is 0 Å². The number of allylic oxidation sites excluding steroid dienone is 2. The fraction of sp³-hybridized carbons (Fsp3) is 0.375. The summed E-state index contributed by atoms with van der Waals surface area (Å²) < 4.78 is 0. The van der Waals surface area contributed by atoms with Gasteiger partial charge in [-0.2, -0.15) is 0 Å². The molecule has 0 saturated carbocycles. The first-order valence-corrected chi connectivity index (χ1v) is 8.23. The second-order valence-corrected chi connectivity index (χ2v) is 6.37. The van der Waals surface area contributed by atoms with Crippen molar-refractivity contribution in [3.63, 3.8) is 0 Å². The topological polar surface area (TPSA) is 34.1 Å². The zero-order valence-corrected chi connectivity index (χ0v) is 13.0. The van der Waals surface area contributed by atoms with Crippen LogP contribution < -0.4 is 0 Å². The first-order chi connectivity index (χ1) is 9.63. The van der Waals surface area contributed by atoms with Crippen molar-refractivity contribution in [3.05, 3.63) is 45.3 Å². The zero-order chi connectivity index (χ0) is 14.5. The zero-order valence-electron chi connectivity index (χ0n) is 11.4. The maximum atomic E-state index is 12.3. The molecule has 4 heteroatoms. The van der Waals surface area contributed by atoms with Gasteiger partial charge in [-0.15, -0.1) is 11.8 Å². The molecule has 0 heterocycles. The van der Waals surface area contributed by atoms with Crippen molar-refractivity contribution in [2.45, 2.75) is 32.6 Å². The quantitative estimate of drug-likeness (QED) is 0.700.